The molecular weight excluding hydrogens is 449 g/mol. The molecule has 4 rings (SSSR count). The highest BCUT2D eigenvalue weighted by molar-refractivity contribution is 6.31. The van der Waals surface area contributed by atoms with Crippen LogP contribution in [-0.2, 0) is 16.1 Å². The molecule has 0 unspecified atom stereocenters. The van der Waals surface area contributed by atoms with Gasteiger partial charge in [-0.3, -0.25) is 4.79 Å². The minimum atomic E-state index is -0.270. The molecular formula is C23H23Cl2N5O2. The molecule has 0 saturated carbocycles. The Morgan fingerprint density at radius 2 is 1.94 bits per heavy atom. The molecule has 3 heterocycles. The van der Waals surface area contributed by atoms with Gasteiger partial charge in [-0.15, -0.1) is 0 Å². The van der Waals surface area contributed by atoms with Gasteiger partial charge in [0.25, 0.3) is 0 Å². The zero-order valence-corrected chi connectivity index (χ0v) is 19.1. The summed E-state index contributed by atoms with van der Waals surface area (Å²) < 4.78 is 7.11. The first kappa shape index (κ1) is 22.3. The predicted molar refractivity (Wildman–Crippen MR) is 127 cm³/mol. The smallest absolute Gasteiger partial charge is 0.248 e. The molecule has 0 spiro atoms. The van der Waals surface area contributed by atoms with Gasteiger partial charge in [0.15, 0.2) is 5.82 Å². The van der Waals surface area contributed by atoms with Gasteiger partial charge in [0.05, 0.1) is 31.1 Å². The van der Waals surface area contributed by atoms with Gasteiger partial charge in [-0.25, -0.2) is 9.67 Å². The van der Waals surface area contributed by atoms with Crippen LogP contribution >= 0.6 is 23.2 Å². The van der Waals surface area contributed by atoms with Crippen LogP contribution in [0.5, 0.6) is 0 Å². The van der Waals surface area contributed by atoms with E-state index >= 15 is 0 Å². The molecule has 0 atom stereocenters. The number of nitrogens with one attached hydrogen (secondary N) is 1. The molecule has 2 aromatic heterocycles. The summed E-state index contributed by atoms with van der Waals surface area (Å²) in [5.41, 5.74) is 3.13. The molecule has 1 N–H and O–H groups in total. The molecule has 0 aliphatic carbocycles. The van der Waals surface area contributed by atoms with E-state index in [0.717, 1.165) is 30.2 Å². The van der Waals surface area contributed by atoms with E-state index in [1.54, 1.807) is 23.0 Å². The number of benzene rings is 1. The Morgan fingerprint density at radius 3 is 2.69 bits per heavy atom. The molecule has 3 aromatic rings. The molecule has 166 valence electrons. The van der Waals surface area contributed by atoms with Crippen molar-refractivity contribution in [3.8, 4) is 0 Å². The Hall–Kier alpha value is -2.87. The van der Waals surface area contributed by atoms with Crippen LogP contribution in [0.3, 0.4) is 0 Å². The van der Waals surface area contributed by atoms with Gasteiger partial charge in [0, 0.05) is 35.9 Å². The molecule has 0 bridgehead atoms. The Morgan fingerprint density at radius 1 is 1.19 bits per heavy atom. The maximum Gasteiger partial charge on any atom is 0.248 e. The normalized spacial score (nSPS) is 14.2. The minimum Gasteiger partial charge on any atom is -0.378 e. The van der Waals surface area contributed by atoms with Gasteiger partial charge in [-0.2, -0.15) is 5.10 Å². The zero-order valence-electron chi connectivity index (χ0n) is 17.6. The van der Waals surface area contributed by atoms with E-state index in [1.165, 1.54) is 6.08 Å². The number of carbonyl (C=O) groups excluding carboxylic acids is 1. The highest BCUT2D eigenvalue weighted by Crippen LogP contribution is 2.25. The van der Waals surface area contributed by atoms with Crippen molar-refractivity contribution in [2.75, 3.05) is 36.5 Å². The number of rotatable bonds is 6. The molecule has 1 amide bonds. The molecule has 9 heteroatoms. The number of morpholine rings is 1. The summed E-state index contributed by atoms with van der Waals surface area (Å²) in [6.07, 6.45) is 4.86. The van der Waals surface area contributed by atoms with Crippen LogP contribution in [0, 0.1) is 6.92 Å². The number of anilines is 2. The molecule has 1 aromatic carbocycles. The first-order chi connectivity index (χ1) is 15.5. The van der Waals surface area contributed by atoms with Gasteiger partial charge in [0.2, 0.25) is 5.91 Å². The van der Waals surface area contributed by atoms with E-state index in [2.05, 4.69) is 20.3 Å². The number of hydrogen-bond donors (Lipinski definition) is 1. The Labute approximate surface area is 196 Å². The van der Waals surface area contributed by atoms with Crippen LogP contribution in [0.2, 0.25) is 10.2 Å². The van der Waals surface area contributed by atoms with Crippen molar-refractivity contribution in [2.45, 2.75) is 13.5 Å². The number of aryl methyl sites for hydroxylation is 1. The van der Waals surface area contributed by atoms with Gasteiger partial charge in [0.1, 0.15) is 5.15 Å². The van der Waals surface area contributed by atoms with Crippen LogP contribution in [0.15, 0.2) is 48.7 Å². The minimum absolute atomic E-state index is 0.270. The molecule has 32 heavy (non-hydrogen) atoms. The molecule has 0 radical (unpaired) electrons. The van der Waals surface area contributed by atoms with Gasteiger partial charge in [-0.05, 0) is 42.8 Å². The third-order valence-corrected chi connectivity index (χ3v) is 5.76. The van der Waals surface area contributed by atoms with Crippen molar-refractivity contribution in [1.29, 1.82) is 0 Å². The number of hydrogen-bond acceptors (Lipinski definition) is 5. The van der Waals surface area contributed by atoms with Crippen molar-refractivity contribution in [3.05, 3.63) is 75.7 Å². The number of nitrogens with zero attached hydrogens (tertiary/aromatic N) is 4. The molecule has 1 aliphatic heterocycles. The summed E-state index contributed by atoms with van der Waals surface area (Å²) in [5.74, 6) is 0.468. The fourth-order valence-electron chi connectivity index (χ4n) is 3.48. The monoisotopic (exact) mass is 471 g/mol. The average Bonchev–Trinajstić information content (AvgIpc) is 3.07. The lowest BCUT2D eigenvalue weighted by Gasteiger charge is -2.29. The second-order valence-electron chi connectivity index (χ2n) is 7.37. The van der Waals surface area contributed by atoms with E-state index in [4.69, 9.17) is 27.9 Å². The summed E-state index contributed by atoms with van der Waals surface area (Å²) in [7, 11) is 0. The Kier molecular flexibility index (Phi) is 7.09. The van der Waals surface area contributed by atoms with Crippen molar-refractivity contribution in [2.24, 2.45) is 0 Å². The van der Waals surface area contributed by atoms with Crippen LogP contribution in [0.1, 0.15) is 16.8 Å². The number of ether oxygens (including phenoxy) is 1. The highest BCUT2D eigenvalue weighted by Gasteiger charge is 2.17. The van der Waals surface area contributed by atoms with E-state index in [1.807, 2.05) is 37.3 Å². The van der Waals surface area contributed by atoms with E-state index in [0.29, 0.717) is 41.2 Å². The maximum atomic E-state index is 12.6. The second-order valence-corrected chi connectivity index (χ2v) is 8.17. The second kappa shape index (κ2) is 10.2. The number of aromatic nitrogens is 3. The first-order valence-corrected chi connectivity index (χ1v) is 11.0. The number of amides is 1. The maximum absolute atomic E-state index is 12.6. The predicted octanol–water partition coefficient (Wildman–Crippen LogP) is 4.43. The van der Waals surface area contributed by atoms with Crippen molar-refractivity contribution in [1.82, 2.24) is 14.8 Å². The Bertz CT molecular complexity index is 1120. The first-order valence-electron chi connectivity index (χ1n) is 10.3. The quantitative estimate of drug-likeness (QED) is 0.538. The average molecular weight is 472 g/mol. The lowest BCUT2D eigenvalue weighted by molar-refractivity contribution is -0.111. The highest BCUT2D eigenvalue weighted by atomic mass is 35.5. The number of carbonyl (C=O) groups is 1. The topological polar surface area (TPSA) is 72.3 Å². The molecule has 1 fully saturated rings. The number of halogens is 2. The summed E-state index contributed by atoms with van der Waals surface area (Å²) in [5, 5.41) is 8.57. The summed E-state index contributed by atoms with van der Waals surface area (Å²) in [6.45, 7) is 5.12. The van der Waals surface area contributed by atoms with Crippen LogP contribution in [0.4, 0.5) is 11.5 Å². The lowest BCUT2D eigenvalue weighted by Crippen LogP contribution is -2.37. The van der Waals surface area contributed by atoms with Gasteiger partial charge < -0.3 is 15.0 Å². The van der Waals surface area contributed by atoms with E-state index < -0.39 is 0 Å². The van der Waals surface area contributed by atoms with Crippen molar-refractivity contribution < 1.29 is 9.53 Å². The third-order valence-electron chi connectivity index (χ3n) is 5.11. The third kappa shape index (κ3) is 5.30. The summed E-state index contributed by atoms with van der Waals surface area (Å²) in [6, 6.07) is 11.2. The lowest BCUT2D eigenvalue weighted by atomic mass is 10.2. The molecule has 1 saturated heterocycles. The molecule has 1 aliphatic rings. The van der Waals surface area contributed by atoms with E-state index in [-0.39, 0.29) is 5.91 Å². The SMILES string of the molecule is Cc1nn(Cc2ccc(Cl)cc2)c(Cl)c1C=CC(=O)Nc1cccnc1N1CCOCC1. The summed E-state index contributed by atoms with van der Waals surface area (Å²) >= 11 is 12.5. The van der Waals surface area contributed by atoms with Crippen LogP contribution in [-0.4, -0.2) is 47.0 Å². The van der Waals surface area contributed by atoms with Crippen molar-refractivity contribution >= 4 is 46.7 Å². The summed E-state index contributed by atoms with van der Waals surface area (Å²) in [4.78, 5) is 19.2. The van der Waals surface area contributed by atoms with Crippen LogP contribution < -0.4 is 10.2 Å². The van der Waals surface area contributed by atoms with E-state index in [9.17, 15) is 4.79 Å². The van der Waals surface area contributed by atoms with Gasteiger partial charge >= 0.3 is 0 Å². The van der Waals surface area contributed by atoms with Crippen LogP contribution in [0.25, 0.3) is 6.08 Å². The Balaban J connectivity index is 1.46. The standard InChI is InChI=1S/C23H23Cl2N5O2/c1-16-19(22(25)30(28-16)15-17-4-6-18(24)7-5-17)8-9-21(31)27-20-3-2-10-26-23(20)29-11-13-32-14-12-29/h2-10H,11-15H2,1H3,(H,27,31). The number of pyridine rings is 1. The fourth-order valence-corrected chi connectivity index (χ4v) is 3.90. The largest absolute Gasteiger partial charge is 0.378 e. The fraction of sp³-hybridized carbons (Fsp3) is 0.261. The van der Waals surface area contributed by atoms with Crippen molar-refractivity contribution in [3.63, 3.8) is 0 Å². The van der Waals surface area contributed by atoms with Gasteiger partial charge in [-0.1, -0.05) is 35.3 Å². The zero-order chi connectivity index (χ0) is 22.5. The molecule has 7 nitrogen and oxygen atoms in total.